The number of aliphatic hydroxyl groups is 1. The van der Waals surface area contributed by atoms with Gasteiger partial charge in [-0.15, -0.1) is 0 Å². The molecule has 0 heterocycles. The number of nitriles is 1. The molecule has 5 aliphatic carbocycles. The minimum atomic E-state index is -0.600. The van der Waals surface area contributed by atoms with Crippen LogP contribution in [0.15, 0.2) is 11.6 Å². The first-order valence-corrected chi connectivity index (χ1v) is 14.9. The third-order valence-corrected chi connectivity index (χ3v) is 13.6. The normalized spacial score (nSPS) is 48.9. The van der Waals surface area contributed by atoms with Gasteiger partial charge < -0.3 is 5.11 Å². The van der Waals surface area contributed by atoms with E-state index < -0.39 is 5.41 Å². The van der Waals surface area contributed by atoms with Crippen LogP contribution in [-0.4, -0.2) is 22.8 Å². The molecular weight excluding hydrogens is 458 g/mol. The van der Waals surface area contributed by atoms with Crippen LogP contribution in [0.5, 0.6) is 0 Å². The predicted octanol–water partition coefficient (Wildman–Crippen LogP) is 7.06. The van der Waals surface area contributed by atoms with Crippen LogP contribution in [-0.2, 0) is 9.59 Å². The monoisotopic (exact) mass is 507 g/mol. The molecule has 4 nitrogen and oxygen atoms in total. The van der Waals surface area contributed by atoms with E-state index in [2.05, 4.69) is 47.6 Å². The second kappa shape index (κ2) is 8.03. The molecule has 4 heteroatoms. The lowest BCUT2D eigenvalue weighted by Gasteiger charge is -2.72. The van der Waals surface area contributed by atoms with E-state index in [4.69, 9.17) is 0 Å². The Morgan fingerprint density at radius 2 is 1.62 bits per heavy atom. The molecule has 5 unspecified atom stereocenters. The number of aliphatic hydroxyl groups excluding tert-OH is 1. The quantitative estimate of drug-likeness (QED) is 0.434. The van der Waals surface area contributed by atoms with Gasteiger partial charge in [0.2, 0.25) is 0 Å². The van der Waals surface area contributed by atoms with Crippen molar-refractivity contribution in [1.82, 2.24) is 0 Å². The van der Waals surface area contributed by atoms with Gasteiger partial charge in [0.15, 0.2) is 5.78 Å². The van der Waals surface area contributed by atoms with Gasteiger partial charge in [-0.25, -0.2) is 0 Å². The van der Waals surface area contributed by atoms with E-state index in [0.717, 1.165) is 51.4 Å². The van der Waals surface area contributed by atoms with Gasteiger partial charge in [0.25, 0.3) is 0 Å². The number of allylic oxidation sites excluding steroid dienone is 2. The summed E-state index contributed by atoms with van der Waals surface area (Å²) in [6.45, 7) is 17.9. The SMILES string of the molecule is CCC(O)[C@]12CCC(C)(C)CC1C1C(=O)C[C@@H]3C4(C)C=C(C#N)C(=O)C(C)(C)[C@@H]4CCC3(C)[C@]1(C)CC2. The topological polar surface area (TPSA) is 78.2 Å². The van der Waals surface area contributed by atoms with Crippen LogP contribution >= 0.6 is 0 Å². The van der Waals surface area contributed by atoms with Gasteiger partial charge in [-0.05, 0) is 96.2 Å². The summed E-state index contributed by atoms with van der Waals surface area (Å²) in [6, 6.07) is 2.22. The number of nitrogens with zero attached hydrogens (tertiary/aromatic N) is 1. The van der Waals surface area contributed by atoms with Gasteiger partial charge in [0.1, 0.15) is 11.9 Å². The van der Waals surface area contributed by atoms with Crippen molar-refractivity contribution in [3.63, 3.8) is 0 Å². The Morgan fingerprint density at radius 3 is 2.24 bits per heavy atom. The van der Waals surface area contributed by atoms with E-state index in [0.29, 0.717) is 12.2 Å². The van der Waals surface area contributed by atoms with E-state index in [1.54, 1.807) is 0 Å². The van der Waals surface area contributed by atoms with E-state index in [9.17, 15) is 20.0 Å². The number of carbonyl (C=O) groups is 2. The molecule has 0 amide bonds. The van der Waals surface area contributed by atoms with Crippen molar-refractivity contribution in [2.24, 2.45) is 56.2 Å². The number of hydrogen-bond donors (Lipinski definition) is 1. The summed E-state index contributed by atoms with van der Waals surface area (Å²) in [5, 5.41) is 21.3. The summed E-state index contributed by atoms with van der Waals surface area (Å²) in [4.78, 5) is 27.7. The first-order valence-electron chi connectivity index (χ1n) is 14.9. The Bertz CT molecular complexity index is 1100. The Morgan fingerprint density at radius 1 is 0.973 bits per heavy atom. The van der Waals surface area contributed by atoms with Gasteiger partial charge in [-0.3, -0.25) is 9.59 Å². The second-order valence-electron chi connectivity index (χ2n) is 15.8. The van der Waals surface area contributed by atoms with Crippen LogP contribution in [0.1, 0.15) is 113 Å². The maximum absolute atomic E-state index is 14.5. The van der Waals surface area contributed by atoms with Crippen molar-refractivity contribution in [1.29, 1.82) is 5.26 Å². The molecule has 37 heavy (non-hydrogen) atoms. The predicted molar refractivity (Wildman–Crippen MR) is 145 cm³/mol. The summed E-state index contributed by atoms with van der Waals surface area (Å²) in [7, 11) is 0. The van der Waals surface area contributed by atoms with Crippen LogP contribution in [0.4, 0.5) is 0 Å². The molecule has 0 radical (unpaired) electrons. The molecule has 1 N–H and O–H groups in total. The van der Waals surface area contributed by atoms with Crippen molar-refractivity contribution in [2.45, 2.75) is 119 Å². The summed E-state index contributed by atoms with van der Waals surface area (Å²) >= 11 is 0. The fourth-order valence-electron chi connectivity index (χ4n) is 11.3. The molecule has 5 aliphatic rings. The third-order valence-electron chi connectivity index (χ3n) is 13.6. The number of carbonyl (C=O) groups excluding carboxylic acids is 2. The fourth-order valence-corrected chi connectivity index (χ4v) is 11.3. The number of Topliss-reactive ketones (excluding diaryl/α,β-unsaturated/α-hetero) is 2. The van der Waals surface area contributed by atoms with Crippen molar-refractivity contribution in [3.8, 4) is 6.07 Å². The second-order valence-corrected chi connectivity index (χ2v) is 15.8. The molecule has 0 aromatic carbocycles. The smallest absolute Gasteiger partial charge is 0.178 e. The maximum Gasteiger partial charge on any atom is 0.178 e. The highest BCUT2D eigenvalue weighted by Crippen LogP contribution is 2.76. The Balaban J connectivity index is 1.64. The average molecular weight is 508 g/mol. The van der Waals surface area contributed by atoms with E-state index in [-0.39, 0.29) is 68.2 Å². The zero-order valence-corrected chi connectivity index (χ0v) is 24.5. The lowest BCUT2D eigenvalue weighted by atomic mass is 9.31. The maximum atomic E-state index is 14.5. The summed E-state index contributed by atoms with van der Waals surface area (Å²) in [5.41, 5.74) is -0.853. The van der Waals surface area contributed by atoms with Gasteiger partial charge in [0.05, 0.1) is 11.7 Å². The van der Waals surface area contributed by atoms with Gasteiger partial charge in [-0.1, -0.05) is 61.5 Å². The van der Waals surface area contributed by atoms with Crippen molar-refractivity contribution >= 4 is 11.6 Å². The molecule has 9 atom stereocenters. The number of fused-ring (bicyclic) bond motifs is 7. The van der Waals surface area contributed by atoms with E-state index >= 15 is 0 Å². The summed E-state index contributed by atoms with van der Waals surface area (Å²) in [6.07, 6.45) is 9.99. The van der Waals surface area contributed by atoms with Crippen LogP contribution in [0, 0.1) is 67.5 Å². The fraction of sp³-hybridized carbons (Fsp3) is 0.848. The molecule has 0 aromatic rings. The highest BCUT2D eigenvalue weighted by atomic mass is 16.3. The molecule has 0 saturated heterocycles. The van der Waals surface area contributed by atoms with E-state index in [1.165, 1.54) is 0 Å². The molecular formula is C33H49NO3. The molecule has 0 bridgehead atoms. The van der Waals surface area contributed by atoms with Gasteiger partial charge in [-0.2, -0.15) is 5.26 Å². The number of hydrogen-bond acceptors (Lipinski definition) is 4. The van der Waals surface area contributed by atoms with Gasteiger partial charge >= 0.3 is 0 Å². The summed E-state index contributed by atoms with van der Waals surface area (Å²) < 4.78 is 0. The molecule has 0 aromatic heterocycles. The largest absolute Gasteiger partial charge is 0.393 e. The zero-order chi connectivity index (χ0) is 27.4. The van der Waals surface area contributed by atoms with Crippen LogP contribution < -0.4 is 0 Å². The number of ketones is 2. The Labute approximate surface area is 224 Å². The first-order chi connectivity index (χ1) is 17.0. The van der Waals surface area contributed by atoms with Crippen molar-refractivity contribution < 1.29 is 14.7 Å². The Kier molecular flexibility index (Phi) is 5.88. The van der Waals surface area contributed by atoms with Crippen LogP contribution in [0.3, 0.4) is 0 Å². The molecule has 0 aliphatic heterocycles. The highest BCUT2D eigenvalue weighted by molar-refractivity contribution is 6.04. The van der Waals surface area contributed by atoms with Crippen LogP contribution in [0.2, 0.25) is 0 Å². The number of rotatable bonds is 2. The van der Waals surface area contributed by atoms with Crippen molar-refractivity contribution in [3.05, 3.63) is 11.6 Å². The summed E-state index contributed by atoms with van der Waals surface area (Å²) in [5.74, 6) is 0.782. The molecule has 4 saturated carbocycles. The molecule has 5 rings (SSSR count). The van der Waals surface area contributed by atoms with Crippen molar-refractivity contribution in [2.75, 3.05) is 0 Å². The first kappa shape index (κ1) is 27.1. The molecule has 4 fully saturated rings. The minimum absolute atomic E-state index is 0.0268. The van der Waals surface area contributed by atoms with Crippen LogP contribution in [0.25, 0.3) is 0 Å². The Hall–Kier alpha value is -1.47. The zero-order valence-electron chi connectivity index (χ0n) is 24.5. The van der Waals surface area contributed by atoms with Gasteiger partial charge in [0, 0.05) is 17.8 Å². The third kappa shape index (κ3) is 3.28. The average Bonchev–Trinajstić information content (AvgIpc) is 2.82. The lowest BCUT2D eigenvalue weighted by molar-refractivity contribution is -0.234. The lowest BCUT2D eigenvalue weighted by Crippen LogP contribution is -2.69. The standard InChI is InChI=1S/C33H49NO3/c1-9-25(36)33-14-12-28(2,3)18-21(33)26-22(35)16-24-30(6)17-20(19-34)27(37)29(4,5)23(30)10-11-31(24,7)32(26,8)13-15-33/h17,21,23-26,36H,9-16,18H2,1-8H3/t21?,23-,24+,25?,26?,30?,31?,32+,33-/m0/s1. The minimum Gasteiger partial charge on any atom is -0.393 e. The molecule has 0 spiro atoms. The van der Waals surface area contributed by atoms with E-state index in [1.807, 2.05) is 19.9 Å². The molecule has 204 valence electrons. The highest BCUT2D eigenvalue weighted by Gasteiger charge is 2.72.